The van der Waals surface area contributed by atoms with Crippen LogP contribution in [0.2, 0.25) is 0 Å². The molecule has 2 aromatic carbocycles. The molecule has 176 valence electrons. The first-order chi connectivity index (χ1) is 16.0. The number of amides is 2. The molecule has 0 aliphatic carbocycles. The van der Waals surface area contributed by atoms with Crippen LogP contribution in [0.4, 0.5) is 0 Å². The van der Waals surface area contributed by atoms with Gasteiger partial charge in [0.25, 0.3) is 0 Å². The third-order valence-corrected chi connectivity index (χ3v) is 6.59. The fourth-order valence-corrected chi connectivity index (χ4v) is 5.05. The Morgan fingerprint density at radius 2 is 1.61 bits per heavy atom. The van der Waals surface area contributed by atoms with Crippen molar-refractivity contribution in [3.63, 3.8) is 0 Å². The average Bonchev–Trinajstić information content (AvgIpc) is 2.84. The van der Waals surface area contributed by atoms with E-state index in [9.17, 15) is 9.59 Å². The zero-order valence-electron chi connectivity index (χ0n) is 19.6. The Bertz CT molecular complexity index is 1070. The van der Waals surface area contributed by atoms with Crippen LogP contribution in [0.25, 0.3) is 0 Å². The summed E-state index contributed by atoms with van der Waals surface area (Å²) in [6.07, 6.45) is 1.31. The van der Waals surface area contributed by atoms with Crippen molar-refractivity contribution >= 4 is 11.8 Å². The van der Waals surface area contributed by atoms with Gasteiger partial charge in [0.2, 0.25) is 11.8 Å². The molecule has 2 aliphatic rings. The van der Waals surface area contributed by atoms with Gasteiger partial charge >= 0.3 is 0 Å². The minimum atomic E-state index is -0.707. The van der Waals surface area contributed by atoms with Crippen molar-refractivity contribution in [3.05, 3.63) is 47.0 Å². The third-order valence-electron chi connectivity index (χ3n) is 6.59. The summed E-state index contributed by atoms with van der Waals surface area (Å²) in [7, 11) is 6.39. The molecule has 1 fully saturated rings. The van der Waals surface area contributed by atoms with E-state index in [2.05, 4.69) is 5.32 Å². The molecule has 8 heteroatoms. The van der Waals surface area contributed by atoms with Gasteiger partial charge in [-0.25, -0.2) is 0 Å². The number of rotatable bonds is 7. The van der Waals surface area contributed by atoms with Gasteiger partial charge in [-0.3, -0.25) is 9.59 Å². The molecular weight excluding hydrogens is 424 g/mol. The Balaban J connectivity index is 1.73. The molecule has 3 atom stereocenters. The molecule has 0 radical (unpaired) electrons. The van der Waals surface area contributed by atoms with Gasteiger partial charge in [-0.05, 0) is 36.8 Å². The van der Waals surface area contributed by atoms with Crippen LogP contribution in [0, 0.1) is 0 Å². The van der Waals surface area contributed by atoms with E-state index in [1.54, 1.807) is 45.5 Å². The minimum Gasteiger partial charge on any atom is -0.497 e. The summed E-state index contributed by atoms with van der Waals surface area (Å²) in [6.45, 7) is 2.01. The zero-order chi connectivity index (χ0) is 23.7. The molecule has 2 aromatic rings. The Labute approximate surface area is 193 Å². The van der Waals surface area contributed by atoms with Crippen LogP contribution in [0.1, 0.15) is 36.1 Å². The van der Waals surface area contributed by atoms with Crippen molar-refractivity contribution in [2.24, 2.45) is 0 Å². The summed E-state index contributed by atoms with van der Waals surface area (Å²) in [4.78, 5) is 28.7. The summed E-state index contributed by atoms with van der Waals surface area (Å²) in [5, 5.41) is 2.95. The second-order valence-electron chi connectivity index (χ2n) is 8.19. The molecule has 2 amide bonds. The largest absolute Gasteiger partial charge is 0.497 e. The highest BCUT2D eigenvalue weighted by Crippen LogP contribution is 2.45. The first-order valence-corrected chi connectivity index (χ1v) is 11.0. The van der Waals surface area contributed by atoms with Gasteiger partial charge in [0, 0.05) is 29.5 Å². The molecule has 8 nitrogen and oxygen atoms in total. The van der Waals surface area contributed by atoms with Crippen molar-refractivity contribution in [2.75, 3.05) is 28.4 Å². The second-order valence-corrected chi connectivity index (χ2v) is 8.19. The van der Waals surface area contributed by atoms with Crippen LogP contribution in [0.3, 0.4) is 0 Å². The summed E-state index contributed by atoms with van der Waals surface area (Å²) >= 11 is 0. The van der Waals surface area contributed by atoms with E-state index in [0.717, 1.165) is 16.7 Å². The summed E-state index contributed by atoms with van der Waals surface area (Å²) in [5.41, 5.74) is 2.62. The summed E-state index contributed by atoms with van der Waals surface area (Å²) in [6, 6.07) is 7.54. The molecule has 33 heavy (non-hydrogen) atoms. The van der Waals surface area contributed by atoms with Gasteiger partial charge in [0.15, 0.2) is 0 Å². The van der Waals surface area contributed by atoms with E-state index < -0.39 is 12.1 Å². The van der Waals surface area contributed by atoms with Gasteiger partial charge in [-0.15, -0.1) is 0 Å². The number of fused-ring (bicyclic) bond motifs is 2. The number of benzene rings is 2. The molecule has 0 bridgehead atoms. The maximum absolute atomic E-state index is 13.8. The maximum Gasteiger partial charge on any atom is 0.246 e. The lowest BCUT2D eigenvalue weighted by Gasteiger charge is -2.47. The number of carbonyl (C=O) groups excluding carboxylic acids is 2. The lowest BCUT2D eigenvalue weighted by molar-refractivity contribution is -0.153. The van der Waals surface area contributed by atoms with Crippen LogP contribution in [-0.2, 0) is 22.4 Å². The molecule has 2 aliphatic heterocycles. The van der Waals surface area contributed by atoms with Crippen molar-refractivity contribution in [2.45, 2.75) is 44.3 Å². The molecule has 2 heterocycles. The summed E-state index contributed by atoms with van der Waals surface area (Å²) < 4.78 is 22.0. The van der Waals surface area contributed by atoms with Crippen LogP contribution in [-0.4, -0.2) is 57.2 Å². The fourth-order valence-electron chi connectivity index (χ4n) is 5.05. The molecule has 0 aromatic heterocycles. The number of carbonyl (C=O) groups is 2. The molecule has 0 unspecified atom stereocenters. The van der Waals surface area contributed by atoms with E-state index in [0.29, 0.717) is 42.3 Å². The van der Waals surface area contributed by atoms with Gasteiger partial charge in [-0.1, -0.05) is 6.92 Å². The average molecular weight is 455 g/mol. The number of hydrogen-bond acceptors (Lipinski definition) is 6. The fraction of sp³-hybridized carbons (Fsp3) is 0.440. The molecule has 0 saturated carbocycles. The van der Waals surface area contributed by atoms with Crippen LogP contribution >= 0.6 is 0 Å². The maximum atomic E-state index is 13.8. The molecule has 1 N–H and O–H groups in total. The molecule has 1 saturated heterocycles. The highest BCUT2D eigenvalue weighted by atomic mass is 16.5. The van der Waals surface area contributed by atoms with E-state index in [4.69, 9.17) is 18.9 Å². The van der Waals surface area contributed by atoms with Crippen molar-refractivity contribution in [1.82, 2.24) is 10.2 Å². The second kappa shape index (κ2) is 9.21. The zero-order valence-corrected chi connectivity index (χ0v) is 19.6. The van der Waals surface area contributed by atoms with Crippen LogP contribution in [0.15, 0.2) is 30.3 Å². The van der Waals surface area contributed by atoms with Gasteiger partial charge < -0.3 is 29.2 Å². The highest BCUT2D eigenvalue weighted by molar-refractivity contribution is 5.98. The number of nitrogens with zero attached hydrogens (tertiary/aromatic N) is 1. The van der Waals surface area contributed by atoms with Crippen LogP contribution < -0.4 is 24.3 Å². The molecule has 4 rings (SSSR count). The Morgan fingerprint density at radius 1 is 0.939 bits per heavy atom. The molecule has 0 spiro atoms. The van der Waals surface area contributed by atoms with Crippen molar-refractivity contribution in [3.8, 4) is 23.0 Å². The molecular formula is C25H30N2O6. The predicted molar refractivity (Wildman–Crippen MR) is 122 cm³/mol. The Hall–Kier alpha value is -3.42. The number of nitrogens with one attached hydrogen (secondary N) is 1. The van der Waals surface area contributed by atoms with Crippen LogP contribution in [0.5, 0.6) is 23.0 Å². The number of methoxy groups -OCH3 is 4. The third kappa shape index (κ3) is 3.83. The van der Waals surface area contributed by atoms with Gasteiger partial charge in [0.1, 0.15) is 35.1 Å². The number of hydrogen-bond donors (Lipinski definition) is 1. The van der Waals surface area contributed by atoms with E-state index in [1.807, 2.05) is 25.1 Å². The summed E-state index contributed by atoms with van der Waals surface area (Å²) in [5.74, 6) is 2.41. The van der Waals surface area contributed by atoms with E-state index in [-0.39, 0.29) is 17.9 Å². The predicted octanol–water partition coefficient (Wildman–Crippen LogP) is 2.67. The lowest BCUT2D eigenvalue weighted by Crippen LogP contribution is -2.66. The Kier molecular flexibility index (Phi) is 6.35. The monoisotopic (exact) mass is 454 g/mol. The lowest BCUT2D eigenvalue weighted by atomic mass is 9.83. The Morgan fingerprint density at radius 3 is 2.24 bits per heavy atom. The highest BCUT2D eigenvalue weighted by Gasteiger charge is 2.48. The quantitative estimate of drug-likeness (QED) is 0.692. The standard InChI is InChI=1S/C25H30N2O6/c1-6-18-23-16(21(32-4)9-10-22(23)33-5)13-19-24(28)26-17(25(29)27(18)19)12-14-11-15(30-2)7-8-20(14)31-3/h7-11,17-19H,6,12-13H2,1-5H3,(H,26,28)/t17-,18+,19-/m0/s1. The van der Waals surface area contributed by atoms with E-state index >= 15 is 0 Å². The van der Waals surface area contributed by atoms with Gasteiger partial charge in [-0.2, -0.15) is 0 Å². The first-order valence-electron chi connectivity index (χ1n) is 11.0. The minimum absolute atomic E-state index is 0.119. The number of ether oxygens (including phenoxy) is 4. The SMILES string of the molecule is CC[C@@H]1c2c(OC)ccc(OC)c2C[C@H]2C(=O)N[C@@H](Cc3cc(OC)ccc3OC)C(=O)N12. The topological polar surface area (TPSA) is 86.3 Å². The van der Waals surface area contributed by atoms with Crippen molar-refractivity contribution < 1.29 is 28.5 Å². The normalized spacial score (nSPS) is 21.6. The van der Waals surface area contributed by atoms with Gasteiger partial charge in [0.05, 0.1) is 34.5 Å². The van der Waals surface area contributed by atoms with E-state index in [1.165, 1.54) is 0 Å². The smallest absolute Gasteiger partial charge is 0.246 e. The first kappa shape index (κ1) is 22.8. The van der Waals surface area contributed by atoms with Crippen molar-refractivity contribution in [1.29, 1.82) is 0 Å². The number of piperazine rings is 1.